The molecule has 0 unspecified atom stereocenters. The summed E-state index contributed by atoms with van der Waals surface area (Å²) in [7, 11) is 1.82. The van der Waals surface area contributed by atoms with Gasteiger partial charge in [0.25, 0.3) is 0 Å². The molecule has 4 nitrogen and oxygen atoms in total. The Morgan fingerprint density at radius 1 is 1.73 bits per heavy atom. The fourth-order valence-electron chi connectivity index (χ4n) is 0.768. The molecular formula is C7H11N3O. The highest BCUT2D eigenvalue weighted by Crippen LogP contribution is 1.89. The van der Waals surface area contributed by atoms with Gasteiger partial charge in [0.15, 0.2) is 0 Å². The smallest absolute Gasteiger partial charge is 0.233 e. The Balaban J connectivity index is 2.43. The van der Waals surface area contributed by atoms with Crippen molar-refractivity contribution in [3.63, 3.8) is 0 Å². The van der Waals surface area contributed by atoms with Gasteiger partial charge < -0.3 is 5.32 Å². The van der Waals surface area contributed by atoms with E-state index in [0.29, 0.717) is 13.0 Å². The van der Waals surface area contributed by atoms with E-state index in [2.05, 4.69) is 10.3 Å². The van der Waals surface area contributed by atoms with E-state index in [-0.39, 0.29) is 5.91 Å². The molecule has 11 heavy (non-hydrogen) atoms. The Kier molecular flexibility index (Phi) is 2.80. The third-order valence-electron chi connectivity index (χ3n) is 1.38. The second-order valence-electron chi connectivity index (χ2n) is 2.22. The molecule has 0 aliphatic carbocycles. The van der Waals surface area contributed by atoms with E-state index >= 15 is 0 Å². The van der Waals surface area contributed by atoms with Gasteiger partial charge in [0.05, 0.1) is 0 Å². The number of hydrogen-bond acceptors (Lipinski definition) is 3. The minimum absolute atomic E-state index is 0.0665. The first kappa shape index (κ1) is 7.94. The molecule has 0 atom stereocenters. The largest absolute Gasteiger partial charge is 0.319 e. The summed E-state index contributed by atoms with van der Waals surface area (Å²) in [4.78, 5) is 14.9. The molecule has 0 radical (unpaired) electrons. The Labute approximate surface area is 65.2 Å². The van der Waals surface area contributed by atoms with Crippen LogP contribution in [0.2, 0.25) is 0 Å². The van der Waals surface area contributed by atoms with Crippen molar-refractivity contribution in [1.82, 2.24) is 14.9 Å². The molecule has 1 rings (SSSR count). The number of nitrogens with zero attached hydrogens (tertiary/aromatic N) is 2. The Morgan fingerprint density at radius 3 is 3.09 bits per heavy atom. The number of hydrogen-bond donors (Lipinski definition) is 1. The third kappa shape index (κ3) is 2.16. The van der Waals surface area contributed by atoms with Crippen molar-refractivity contribution in [2.75, 3.05) is 13.6 Å². The summed E-state index contributed by atoms with van der Waals surface area (Å²) in [6.07, 6.45) is 5.26. The van der Waals surface area contributed by atoms with Crippen LogP contribution in [0.4, 0.5) is 0 Å². The minimum atomic E-state index is 0.0665. The summed E-state index contributed by atoms with van der Waals surface area (Å²) >= 11 is 0. The predicted molar refractivity (Wildman–Crippen MR) is 41.4 cm³/mol. The first-order valence-electron chi connectivity index (χ1n) is 3.50. The molecule has 0 aliphatic heterocycles. The monoisotopic (exact) mass is 153 g/mol. The van der Waals surface area contributed by atoms with Crippen molar-refractivity contribution < 1.29 is 4.79 Å². The Morgan fingerprint density at radius 2 is 2.55 bits per heavy atom. The van der Waals surface area contributed by atoms with E-state index in [1.54, 1.807) is 12.4 Å². The maximum Gasteiger partial charge on any atom is 0.233 e. The number of carbonyl (C=O) groups excluding carboxylic acids is 1. The fraction of sp³-hybridized carbons (Fsp3) is 0.429. The van der Waals surface area contributed by atoms with Gasteiger partial charge in [-0.2, -0.15) is 0 Å². The van der Waals surface area contributed by atoms with Crippen LogP contribution in [0, 0.1) is 0 Å². The normalized spacial score (nSPS) is 9.91. The lowest BCUT2D eigenvalue weighted by Crippen LogP contribution is -2.16. The van der Waals surface area contributed by atoms with Crippen LogP contribution in [0.5, 0.6) is 0 Å². The minimum Gasteiger partial charge on any atom is -0.319 e. The fourth-order valence-corrected chi connectivity index (χ4v) is 0.768. The summed E-state index contributed by atoms with van der Waals surface area (Å²) in [6.45, 7) is 0.705. The number of imidazole rings is 1. The zero-order chi connectivity index (χ0) is 8.10. The zero-order valence-electron chi connectivity index (χ0n) is 6.45. The second-order valence-corrected chi connectivity index (χ2v) is 2.22. The van der Waals surface area contributed by atoms with Crippen molar-refractivity contribution in [2.24, 2.45) is 0 Å². The molecule has 0 aromatic carbocycles. The predicted octanol–water partition coefficient (Wildman–Crippen LogP) is 0.133. The highest BCUT2D eigenvalue weighted by molar-refractivity contribution is 5.78. The van der Waals surface area contributed by atoms with Crippen molar-refractivity contribution in [3.8, 4) is 0 Å². The van der Waals surface area contributed by atoms with Crippen LogP contribution in [0.25, 0.3) is 0 Å². The van der Waals surface area contributed by atoms with Crippen molar-refractivity contribution in [1.29, 1.82) is 0 Å². The first-order valence-corrected chi connectivity index (χ1v) is 3.50. The van der Waals surface area contributed by atoms with Crippen LogP contribution in [0.15, 0.2) is 18.7 Å². The average molecular weight is 153 g/mol. The van der Waals surface area contributed by atoms with Crippen LogP contribution >= 0.6 is 0 Å². The van der Waals surface area contributed by atoms with Crippen LogP contribution in [0.3, 0.4) is 0 Å². The molecule has 0 bridgehead atoms. The van der Waals surface area contributed by atoms with E-state index in [4.69, 9.17) is 0 Å². The Hall–Kier alpha value is -1.16. The van der Waals surface area contributed by atoms with Crippen LogP contribution < -0.4 is 5.32 Å². The average Bonchev–Trinajstić information content (AvgIpc) is 2.52. The van der Waals surface area contributed by atoms with Gasteiger partial charge in [0.1, 0.15) is 6.33 Å². The van der Waals surface area contributed by atoms with Gasteiger partial charge in [-0.3, -0.25) is 9.36 Å². The SMILES string of the molecule is CNCCC(=O)n1ccnc1. The van der Waals surface area contributed by atoms with E-state index < -0.39 is 0 Å². The molecule has 0 aliphatic rings. The molecule has 0 fully saturated rings. The van der Waals surface area contributed by atoms with Gasteiger partial charge >= 0.3 is 0 Å². The molecule has 60 valence electrons. The molecule has 1 aromatic rings. The second kappa shape index (κ2) is 3.88. The van der Waals surface area contributed by atoms with E-state index in [0.717, 1.165) is 0 Å². The lowest BCUT2D eigenvalue weighted by Gasteiger charge is -1.98. The lowest BCUT2D eigenvalue weighted by molar-refractivity contribution is 0.0903. The first-order chi connectivity index (χ1) is 5.34. The van der Waals surface area contributed by atoms with Crippen molar-refractivity contribution >= 4 is 5.91 Å². The van der Waals surface area contributed by atoms with Gasteiger partial charge in [-0.15, -0.1) is 0 Å². The van der Waals surface area contributed by atoms with E-state index in [9.17, 15) is 4.79 Å². The topological polar surface area (TPSA) is 46.9 Å². The van der Waals surface area contributed by atoms with Crippen molar-refractivity contribution in [3.05, 3.63) is 18.7 Å². The molecule has 4 heteroatoms. The molecule has 0 amide bonds. The highest BCUT2D eigenvalue weighted by atomic mass is 16.2. The Bertz CT molecular complexity index is 218. The van der Waals surface area contributed by atoms with Crippen LogP contribution in [0.1, 0.15) is 11.2 Å². The van der Waals surface area contributed by atoms with Gasteiger partial charge in [-0.05, 0) is 7.05 Å². The van der Waals surface area contributed by atoms with Gasteiger partial charge in [0.2, 0.25) is 5.91 Å². The maximum atomic E-state index is 11.1. The maximum absolute atomic E-state index is 11.1. The van der Waals surface area contributed by atoms with E-state index in [1.165, 1.54) is 10.9 Å². The number of rotatable bonds is 3. The third-order valence-corrected chi connectivity index (χ3v) is 1.38. The summed E-state index contributed by atoms with van der Waals surface area (Å²) in [5.74, 6) is 0.0665. The number of nitrogens with one attached hydrogen (secondary N) is 1. The van der Waals surface area contributed by atoms with Gasteiger partial charge in [0, 0.05) is 25.4 Å². The van der Waals surface area contributed by atoms with Gasteiger partial charge in [-0.25, -0.2) is 4.98 Å². The molecule has 1 N–H and O–H groups in total. The van der Waals surface area contributed by atoms with Crippen LogP contribution in [-0.2, 0) is 0 Å². The number of carbonyl (C=O) groups is 1. The summed E-state index contributed by atoms with van der Waals surface area (Å²) in [5.41, 5.74) is 0. The summed E-state index contributed by atoms with van der Waals surface area (Å²) in [6, 6.07) is 0. The summed E-state index contributed by atoms with van der Waals surface area (Å²) in [5, 5.41) is 2.91. The molecule has 1 heterocycles. The molecule has 0 saturated carbocycles. The molecule has 1 aromatic heterocycles. The summed E-state index contributed by atoms with van der Waals surface area (Å²) < 4.78 is 1.48. The van der Waals surface area contributed by atoms with Crippen molar-refractivity contribution in [2.45, 2.75) is 6.42 Å². The number of aromatic nitrogens is 2. The zero-order valence-corrected chi connectivity index (χ0v) is 6.45. The van der Waals surface area contributed by atoms with Gasteiger partial charge in [-0.1, -0.05) is 0 Å². The van der Waals surface area contributed by atoms with Crippen LogP contribution in [-0.4, -0.2) is 29.1 Å². The molecule has 0 saturated heterocycles. The standard InChI is InChI=1S/C7H11N3O/c1-8-3-2-7(11)10-5-4-9-6-10/h4-6,8H,2-3H2,1H3. The highest BCUT2D eigenvalue weighted by Gasteiger charge is 2.00. The quantitative estimate of drug-likeness (QED) is 0.671. The lowest BCUT2D eigenvalue weighted by atomic mass is 10.4. The molecule has 0 spiro atoms. The molecular weight excluding hydrogens is 142 g/mol. The van der Waals surface area contributed by atoms with E-state index in [1.807, 2.05) is 7.05 Å².